The van der Waals surface area contributed by atoms with Crippen LogP contribution in [-0.2, 0) is 11.3 Å². The molecular weight excluding hydrogens is 365 g/mol. The normalized spacial score (nSPS) is 13.3. The molecule has 1 fully saturated rings. The van der Waals surface area contributed by atoms with Crippen molar-refractivity contribution in [3.05, 3.63) is 64.7 Å². The summed E-state index contributed by atoms with van der Waals surface area (Å²) in [5.41, 5.74) is 0.591. The van der Waals surface area contributed by atoms with Gasteiger partial charge in [0.15, 0.2) is 0 Å². The van der Waals surface area contributed by atoms with Crippen molar-refractivity contribution in [1.82, 2.24) is 15.2 Å². The summed E-state index contributed by atoms with van der Waals surface area (Å²) in [6.45, 7) is 1.24. The van der Waals surface area contributed by atoms with Gasteiger partial charge in [-0.05, 0) is 43.2 Å². The summed E-state index contributed by atoms with van der Waals surface area (Å²) < 4.78 is 18.6. The lowest BCUT2D eigenvalue weighted by molar-refractivity contribution is 0.0600. The number of nitrogens with one attached hydrogen (secondary N) is 1. The molecule has 0 saturated carbocycles. The molecule has 2 amide bonds. The molecule has 0 unspecified atom stereocenters. The lowest BCUT2D eigenvalue weighted by Crippen LogP contribution is -2.30. The average molecular weight is 385 g/mol. The molecule has 2 heterocycles. The van der Waals surface area contributed by atoms with E-state index < -0.39 is 17.7 Å². The number of amides is 2. The molecule has 1 aliphatic heterocycles. The summed E-state index contributed by atoms with van der Waals surface area (Å²) in [6.07, 6.45) is 1.92. The number of hydrogen-bond donors (Lipinski definition) is 1. The van der Waals surface area contributed by atoms with E-state index in [9.17, 15) is 18.8 Å². The van der Waals surface area contributed by atoms with E-state index in [-0.39, 0.29) is 35.0 Å². The van der Waals surface area contributed by atoms with Gasteiger partial charge in [0.1, 0.15) is 17.2 Å². The van der Waals surface area contributed by atoms with Crippen LogP contribution in [0.2, 0.25) is 0 Å². The summed E-state index contributed by atoms with van der Waals surface area (Å²) in [5, 5.41) is 2.56. The highest BCUT2D eigenvalue weighted by Crippen LogP contribution is 2.13. The molecule has 0 atom stereocenters. The van der Waals surface area contributed by atoms with Crippen molar-refractivity contribution in [3.8, 4) is 0 Å². The molecule has 2 aromatic rings. The fourth-order valence-electron chi connectivity index (χ4n) is 2.98. The van der Waals surface area contributed by atoms with E-state index in [0.717, 1.165) is 18.9 Å². The SMILES string of the molecule is COC(=O)c1ccc(F)c(CNC(=O)c2cccc(C(=O)N3CCCC3)n2)c1. The van der Waals surface area contributed by atoms with Crippen LogP contribution in [0.1, 0.15) is 49.7 Å². The molecule has 1 N–H and O–H groups in total. The topological polar surface area (TPSA) is 88.6 Å². The molecule has 0 spiro atoms. The third-order valence-electron chi connectivity index (χ3n) is 4.50. The Morgan fingerprint density at radius 1 is 1.14 bits per heavy atom. The van der Waals surface area contributed by atoms with Crippen LogP contribution in [0.25, 0.3) is 0 Å². The largest absolute Gasteiger partial charge is 0.465 e. The molecule has 8 heteroatoms. The van der Waals surface area contributed by atoms with Crippen molar-refractivity contribution >= 4 is 17.8 Å². The summed E-state index contributed by atoms with van der Waals surface area (Å²) in [6, 6.07) is 8.41. The zero-order chi connectivity index (χ0) is 20.1. The standard InChI is InChI=1S/C20H20FN3O4/c1-28-20(27)13-7-8-15(21)14(11-13)12-22-18(25)16-5-4-6-17(23-16)19(26)24-9-2-3-10-24/h4-8,11H,2-3,9-10,12H2,1H3,(H,22,25). The van der Waals surface area contributed by atoms with Crippen LogP contribution in [0.15, 0.2) is 36.4 Å². The number of carbonyl (C=O) groups excluding carboxylic acids is 3. The Bertz CT molecular complexity index is 910. The van der Waals surface area contributed by atoms with Gasteiger partial charge in [0.05, 0.1) is 12.7 Å². The second kappa shape index (κ2) is 8.60. The van der Waals surface area contributed by atoms with Gasteiger partial charge < -0.3 is 15.0 Å². The molecule has 1 saturated heterocycles. The minimum Gasteiger partial charge on any atom is -0.465 e. The Morgan fingerprint density at radius 3 is 2.57 bits per heavy atom. The van der Waals surface area contributed by atoms with Crippen molar-refractivity contribution in [2.24, 2.45) is 0 Å². The van der Waals surface area contributed by atoms with Crippen LogP contribution >= 0.6 is 0 Å². The van der Waals surface area contributed by atoms with Crippen molar-refractivity contribution in [2.45, 2.75) is 19.4 Å². The Labute approximate surface area is 161 Å². The van der Waals surface area contributed by atoms with Crippen LogP contribution < -0.4 is 5.32 Å². The molecule has 7 nitrogen and oxygen atoms in total. The lowest BCUT2D eigenvalue weighted by Gasteiger charge is -2.14. The van der Waals surface area contributed by atoms with Gasteiger partial charge in [-0.1, -0.05) is 6.07 Å². The molecule has 1 aromatic heterocycles. The second-order valence-corrected chi connectivity index (χ2v) is 6.39. The van der Waals surface area contributed by atoms with E-state index in [4.69, 9.17) is 0 Å². The summed E-state index contributed by atoms with van der Waals surface area (Å²) in [5.74, 6) is -1.90. The number of pyridine rings is 1. The summed E-state index contributed by atoms with van der Waals surface area (Å²) in [7, 11) is 1.23. The molecule has 0 bridgehead atoms. The fourth-order valence-corrected chi connectivity index (χ4v) is 2.98. The number of benzene rings is 1. The Kier molecular flexibility index (Phi) is 5.98. The van der Waals surface area contributed by atoms with Crippen molar-refractivity contribution in [1.29, 1.82) is 0 Å². The molecule has 3 rings (SSSR count). The first-order valence-electron chi connectivity index (χ1n) is 8.91. The van der Waals surface area contributed by atoms with E-state index in [1.807, 2.05) is 0 Å². The van der Waals surface area contributed by atoms with Gasteiger partial charge in [0.25, 0.3) is 11.8 Å². The number of likely N-dealkylation sites (tertiary alicyclic amines) is 1. The minimum atomic E-state index is -0.595. The van der Waals surface area contributed by atoms with Crippen LogP contribution in [-0.4, -0.2) is 47.9 Å². The van der Waals surface area contributed by atoms with E-state index in [2.05, 4.69) is 15.0 Å². The van der Waals surface area contributed by atoms with Crippen LogP contribution in [0.5, 0.6) is 0 Å². The van der Waals surface area contributed by atoms with Crippen LogP contribution in [0, 0.1) is 5.82 Å². The molecule has 0 aliphatic carbocycles. The maximum Gasteiger partial charge on any atom is 0.337 e. The highest BCUT2D eigenvalue weighted by Gasteiger charge is 2.21. The van der Waals surface area contributed by atoms with Crippen LogP contribution in [0.4, 0.5) is 4.39 Å². The molecule has 28 heavy (non-hydrogen) atoms. The van der Waals surface area contributed by atoms with Crippen molar-refractivity contribution < 1.29 is 23.5 Å². The number of hydrogen-bond acceptors (Lipinski definition) is 5. The lowest BCUT2D eigenvalue weighted by atomic mass is 10.1. The Hall–Kier alpha value is -3.29. The fraction of sp³-hybridized carbons (Fsp3) is 0.300. The maximum absolute atomic E-state index is 14.0. The van der Waals surface area contributed by atoms with Gasteiger partial charge in [0, 0.05) is 25.2 Å². The van der Waals surface area contributed by atoms with Gasteiger partial charge in [-0.3, -0.25) is 9.59 Å². The molecule has 146 valence electrons. The van der Waals surface area contributed by atoms with Gasteiger partial charge in [-0.25, -0.2) is 14.2 Å². The number of rotatable bonds is 5. The number of carbonyl (C=O) groups is 3. The number of nitrogens with zero attached hydrogens (tertiary/aromatic N) is 2. The molecule has 1 aromatic carbocycles. The highest BCUT2D eigenvalue weighted by molar-refractivity contribution is 5.96. The third-order valence-corrected chi connectivity index (χ3v) is 4.50. The van der Waals surface area contributed by atoms with E-state index in [0.29, 0.717) is 13.1 Å². The highest BCUT2D eigenvalue weighted by atomic mass is 19.1. The minimum absolute atomic E-state index is 0.0644. The van der Waals surface area contributed by atoms with Gasteiger partial charge >= 0.3 is 5.97 Å². The van der Waals surface area contributed by atoms with E-state index in [1.165, 1.54) is 25.3 Å². The maximum atomic E-state index is 14.0. The summed E-state index contributed by atoms with van der Waals surface area (Å²) >= 11 is 0. The third kappa shape index (κ3) is 4.33. The predicted molar refractivity (Wildman–Crippen MR) is 98.3 cm³/mol. The average Bonchev–Trinajstić information content (AvgIpc) is 3.26. The van der Waals surface area contributed by atoms with Crippen molar-refractivity contribution in [2.75, 3.05) is 20.2 Å². The molecule has 0 radical (unpaired) electrons. The quantitative estimate of drug-likeness (QED) is 0.797. The smallest absolute Gasteiger partial charge is 0.337 e. The first kappa shape index (κ1) is 19.5. The number of methoxy groups -OCH3 is 1. The summed E-state index contributed by atoms with van der Waals surface area (Å²) in [4.78, 5) is 42.2. The number of halogens is 1. The predicted octanol–water partition coefficient (Wildman–Crippen LogP) is 2.17. The Morgan fingerprint density at radius 2 is 1.86 bits per heavy atom. The monoisotopic (exact) mass is 385 g/mol. The molecular formula is C20H20FN3O4. The molecule has 1 aliphatic rings. The van der Waals surface area contributed by atoms with Crippen molar-refractivity contribution in [3.63, 3.8) is 0 Å². The zero-order valence-electron chi connectivity index (χ0n) is 15.4. The van der Waals surface area contributed by atoms with Gasteiger partial charge in [-0.2, -0.15) is 0 Å². The first-order chi connectivity index (χ1) is 13.5. The van der Waals surface area contributed by atoms with Gasteiger partial charge in [-0.15, -0.1) is 0 Å². The number of ether oxygens (including phenoxy) is 1. The van der Waals surface area contributed by atoms with Gasteiger partial charge in [0.2, 0.25) is 0 Å². The Balaban J connectivity index is 1.69. The van der Waals surface area contributed by atoms with E-state index >= 15 is 0 Å². The van der Waals surface area contributed by atoms with E-state index in [1.54, 1.807) is 17.0 Å². The van der Waals surface area contributed by atoms with Crippen LogP contribution in [0.3, 0.4) is 0 Å². The number of aromatic nitrogens is 1. The second-order valence-electron chi connectivity index (χ2n) is 6.39. The number of esters is 1. The first-order valence-corrected chi connectivity index (χ1v) is 8.91. The zero-order valence-corrected chi connectivity index (χ0v) is 15.4.